The van der Waals surface area contributed by atoms with Gasteiger partial charge in [-0.15, -0.1) is 0 Å². The minimum absolute atomic E-state index is 0.765. The fourth-order valence-corrected chi connectivity index (χ4v) is 1.99. The maximum Gasteiger partial charge on any atom is 0.0409 e. The molecule has 0 saturated heterocycles. The van der Waals surface area contributed by atoms with Gasteiger partial charge in [-0.05, 0) is 54.3 Å². The largest absolute Gasteiger partial charge is 0.398 e. The summed E-state index contributed by atoms with van der Waals surface area (Å²) in [5.41, 5.74) is 11.3. The Bertz CT molecular complexity index is 532. The summed E-state index contributed by atoms with van der Waals surface area (Å²) < 4.78 is 0. The van der Waals surface area contributed by atoms with Crippen LogP contribution in [0.5, 0.6) is 0 Å². The van der Waals surface area contributed by atoms with Crippen molar-refractivity contribution in [1.82, 2.24) is 0 Å². The summed E-state index contributed by atoms with van der Waals surface area (Å²) in [7, 11) is 0. The summed E-state index contributed by atoms with van der Waals surface area (Å²) >= 11 is 5.94. The fourth-order valence-electron chi connectivity index (χ4n) is 1.76. The topological polar surface area (TPSA) is 26.0 Å². The summed E-state index contributed by atoms with van der Waals surface area (Å²) in [4.78, 5) is 0. The number of nitrogen functional groups attached to an aromatic ring is 1. The number of aryl methyl sites for hydroxylation is 2. The molecule has 2 heteroatoms. The minimum atomic E-state index is 0.765. The molecule has 0 amide bonds. The Balaban J connectivity index is 2.54. The van der Waals surface area contributed by atoms with E-state index in [4.69, 9.17) is 17.3 Å². The maximum absolute atomic E-state index is 5.94. The monoisotopic (exact) mass is 231 g/mol. The Kier molecular flexibility index (Phi) is 2.88. The summed E-state index contributed by atoms with van der Waals surface area (Å²) in [5.74, 6) is 0. The smallest absolute Gasteiger partial charge is 0.0409 e. The van der Waals surface area contributed by atoms with Crippen molar-refractivity contribution >= 4 is 17.3 Å². The summed E-state index contributed by atoms with van der Waals surface area (Å²) in [6.07, 6.45) is 0. The van der Waals surface area contributed by atoms with Gasteiger partial charge >= 0.3 is 0 Å². The van der Waals surface area contributed by atoms with Gasteiger partial charge in [-0.2, -0.15) is 0 Å². The average Bonchev–Trinajstić information content (AvgIpc) is 2.22. The van der Waals surface area contributed by atoms with Crippen molar-refractivity contribution in [2.24, 2.45) is 0 Å². The van der Waals surface area contributed by atoms with Gasteiger partial charge in [0.2, 0.25) is 0 Å². The molecule has 2 aromatic rings. The number of halogens is 1. The highest BCUT2D eigenvalue weighted by molar-refractivity contribution is 6.30. The van der Waals surface area contributed by atoms with E-state index in [2.05, 4.69) is 13.0 Å². The molecule has 0 aliphatic heterocycles. The lowest BCUT2D eigenvalue weighted by Gasteiger charge is -2.08. The van der Waals surface area contributed by atoms with Gasteiger partial charge in [0.1, 0.15) is 0 Å². The van der Waals surface area contributed by atoms with Crippen LogP contribution >= 0.6 is 11.6 Å². The third-order valence-electron chi connectivity index (χ3n) is 2.78. The molecule has 0 radical (unpaired) electrons. The van der Waals surface area contributed by atoms with Gasteiger partial charge in [-0.3, -0.25) is 0 Å². The van der Waals surface area contributed by atoms with E-state index >= 15 is 0 Å². The molecule has 0 aromatic heterocycles. The summed E-state index contributed by atoms with van der Waals surface area (Å²) in [6.45, 7) is 4.06. The van der Waals surface area contributed by atoms with E-state index < -0.39 is 0 Å². The molecule has 82 valence electrons. The Morgan fingerprint density at radius 1 is 0.938 bits per heavy atom. The highest BCUT2D eigenvalue weighted by Crippen LogP contribution is 2.28. The van der Waals surface area contributed by atoms with E-state index in [9.17, 15) is 0 Å². The molecule has 1 nitrogen and oxygen atoms in total. The minimum Gasteiger partial charge on any atom is -0.398 e. The third kappa shape index (κ3) is 2.05. The van der Waals surface area contributed by atoms with Gasteiger partial charge in [0.25, 0.3) is 0 Å². The van der Waals surface area contributed by atoms with E-state index in [0.29, 0.717) is 0 Å². The number of benzene rings is 2. The number of rotatable bonds is 1. The molecule has 0 unspecified atom stereocenters. The van der Waals surface area contributed by atoms with Crippen LogP contribution in [0.15, 0.2) is 36.4 Å². The lowest BCUT2D eigenvalue weighted by Crippen LogP contribution is -1.91. The molecule has 2 aromatic carbocycles. The fraction of sp³-hybridized carbons (Fsp3) is 0.143. The first-order valence-corrected chi connectivity index (χ1v) is 5.58. The highest BCUT2D eigenvalue weighted by atomic mass is 35.5. The van der Waals surface area contributed by atoms with Crippen LogP contribution in [0, 0.1) is 13.8 Å². The van der Waals surface area contributed by atoms with Gasteiger partial charge in [0.05, 0.1) is 0 Å². The van der Waals surface area contributed by atoms with Crippen molar-refractivity contribution in [3.63, 3.8) is 0 Å². The molecule has 2 N–H and O–H groups in total. The first-order chi connectivity index (χ1) is 7.58. The Hall–Kier alpha value is -1.47. The molecule has 0 heterocycles. The molecule has 0 atom stereocenters. The van der Waals surface area contributed by atoms with Crippen molar-refractivity contribution in [1.29, 1.82) is 0 Å². The zero-order valence-corrected chi connectivity index (χ0v) is 10.2. The third-order valence-corrected chi connectivity index (χ3v) is 3.01. The van der Waals surface area contributed by atoms with Crippen LogP contribution in [0.25, 0.3) is 11.1 Å². The van der Waals surface area contributed by atoms with Crippen molar-refractivity contribution in [2.75, 3.05) is 5.73 Å². The number of nitrogens with two attached hydrogens (primary N) is 1. The predicted octanol–water partition coefficient (Wildman–Crippen LogP) is 4.21. The van der Waals surface area contributed by atoms with Crippen LogP contribution in [0.2, 0.25) is 5.02 Å². The van der Waals surface area contributed by atoms with Crippen LogP contribution in [-0.4, -0.2) is 0 Å². The predicted molar refractivity (Wildman–Crippen MR) is 70.8 cm³/mol. The zero-order valence-electron chi connectivity index (χ0n) is 9.42. The standard InChI is InChI=1S/C14H14ClN/c1-9-3-4-11(8-14(9)16)13-6-5-12(15)7-10(13)2/h3-8H,16H2,1-2H3. The van der Waals surface area contributed by atoms with Gasteiger partial charge in [0.15, 0.2) is 0 Å². The summed E-state index contributed by atoms with van der Waals surface area (Å²) in [5, 5.41) is 0.765. The summed E-state index contributed by atoms with van der Waals surface area (Å²) in [6, 6.07) is 12.0. The lowest BCUT2D eigenvalue weighted by molar-refractivity contribution is 1.43. The number of hydrogen-bond acceptors (Lipinski definition) is 1. The van der Waals surface area contributed by atoms with E-state index in [-0.39, 0.29) is 0 Å². The Morgan fingerprint density at radius 3 is 2.31 bits per heavy atom. The highest BCUT2D eigenvalue weighted by Gasteiger charge is 2.03. The molecular formula is C14H14ClN. The molecule has 16 heavy (non-hydrogen) atoms. The van der Waals surface area contributed by atoms with Crippen LogP contribution in [0.4, 0.5) is 5.69 Å². The molecule has 0 aliphatic rings. The quantitative estimate of drug-likeness (QED) is 0.732. The average molecular weight is 232 g/mol. The molecule has 0 bridgehead atoms. The van der Waals surface area contributed by atoms with E-state index in [1.165, 1.54) is 5.56 Å². The number of hydrogen-bond donors (Lipinski definition) is 1. The molecular weight excluding hydrogens is 218 g/mol. The van der Waals surface area contributed by atoms with Crippen molar-refractivity contribution in [2.45, 2.75) is 13.8 Å². The van der Waals surface area contributed by atoms with Gasteiger partial charge in [0, 0.05) is 10.7 Å². The SMILES string of the molecule is Cc1ccc(-c2ccc(Cl)cc2C)cc1N. The molecule has 0 spiro atoms. The van der Waals surface area contributed by atoms with Gasteiger partial charge < -0.3 is 5.73 Å². The van der Waals surface area contributed by atoms with Crippen LogP contribution < -0.4 is 5.73 Å². The second-order valence-corrected chi connectivity index (χ2v) is 4.47. The second-order valence-electron chi connectivity index (χ2n) is 4.03. The Morgan fingerprint density at radius 2 is 1.69 bits per heavy atom. The Labute approximate surface area is 101 Å². The second kappa shape index (κ2) is 4.18. The zero-order chi connectivity index (χ0) is 11.7. The van der Waals surface area contributed by atoms with E-state index in [1.54, 1.807) is 0 Å². The molecule has 0 saturated carbocycles. The van der Waals surface area contributed by atoms with Crippen LogP contribution in [0.3, 0.4) is 0 Å². The first kappa shape index (κ1) is 11.0. The first-order valence-electron chi connectivity index (χ1n) is 5.20. The van der Waals surface area contributed by atoms with Gasteiger partial charge in [-0.1, -0.05) is 29.8 Å². The van der Waals surface area contributed by atoms with Crippen molar-refractivity contribution in [3.05, 3.63) is 52.5 Å². The van der Waals surface area contributed by atoms with Crippen LogP contribution in [0.1, 0.15) is 11.1 Å². The van der Waals surface area contributed by atoms with Crippen molar-refractivity contribution < 1.29 is 0 Å². The maximum atomic E-state index is 5.94. The molecule has 0 fully saturated rings. The molecule has 2 rings (SSSR count). The number of anilines is 1. The van der Waals surface area contributed by atoms with E-state index in [0.717, 1.165) is 27.4 Å². The van der Waals surface area contributed by atoms with Crippen molar-refractivity contribution in [3.8, 4) is 11.1 Å². The molecule has 0 aliphatic carbocycles. The van der Waals surface area contributed by atoms with E-state index in [1.807, 2.05) is 37.3 Å². The normalized spacial score (nSPS) is 10.4. The lowest BCUT2D eigenvalue weighted by atomic mass is 9.99. The van der Waals surface area contributed by atoms with Crippen LogP contribution in [-0.2, 0) is 0 Å². The van der Waals surface area contributed by atoms with Gasteiger partial charge in [-0.25, -0.2) is 0 Å².